The van der Waals surface area contributed by atoms with Gasteiger partial charge in [-0.3, -0.25) is 9.88 Å². The molecule has 5 rings (SSSR count). The fraction of sp³-hybridized carbons (Fsp3) is 0.333. The van der Waals surface area contributed by atoms with E-state index < -0.39 is 0 Å². The van der Waals surface area contributed by atoms with E-state index in [1.54, 1.807) is 7.11 Å². The molecule has 0 atom stereocenters. The first-order valence-electron chi connectivity index (χ1n) is 13.8. The van der Waals surface area contributed by atoms with E-state index in [9.17, 15) is 4.79 Å². The van der Waals surface area contributed by atoms with Crippen molar-refractivity contribution in [3.63, 3.8) is 0 Å². The van der Waals surface area contributed by atoms with E-state index in [1.807, 2.05) is 48.5 Å². The summed E-state index contributed by atoms with van der Waals surface area (Å²) in [5, 5.41) is 8.12. The van der Waals surface area contributed by atoms with Crippen molar-refractivity contribution < 1.29 is 14.3 Å². The molecule has 0 spiro atoms. The van der Waals surface area contributed by atoms with Crippen LogP contribution in [0, 0.1) is 0 Å². The standard InChI is InChI=1S/C33H38N4O3/c1-33(2,3)24-13-12-23(22-39-4)31(20-24)36-32(38)35-30-15-14-28(26-9-5-6-10-27(26)30)29-11-7-8-25(34-29)21-37-16-18-40-19-17-37/h5-15,20H,16-19,21-22H2,1-4H3,(H2,35,36,38). The number of benzene rings is 3. The van der Waals surface area contributed by atoms with E-state index in [0.29, 0.717) is 6.61 Å². The second-order valence-corrected chi connectivity index (χ2v) is 11.2. The van der Waals surface area contributed by atoms with Crippen molar-refractivity contribution in [1.82, 2.24) is 9.88 Å². The molecule has 7 heteroatoms. The highest BCUT2D eigenvalue weighted by molar-refractivity contribution is 6.09. The molecular weight excluding hydrogens is 500 g/mol. The molecule has 0 radical (unpaired) electrons. The molecule has 1 aliphatic heterocycles. The lowest BCUT2D eigenvalue weighted by atomic mass is 9.86. The van der Waals surface area contributed by atoms with Crippen molar-refractivity contribution in [3.05, 3.63) is 89.6 Å². The first kappa shape index (κ1) is 27.8. The number of anilines is 2. The fourth-order valence-electron chi connectivity index (χ4n) is 5.05. The fourth-order valence-corrected chi connectivity index (χ4v) is 5.05. The van der Waals surface area contributed by atoms with Gasteiger partial charge in [-0.1, -0.05) is 69.3 Å². The first-order valence-corrected chi connectivity index (χ1v) is 13.8. The predicted molar refractivity (Wildman–Crippen MR) is 162 cm³/mol. The van der Waals surface area contributed by atoms with Crippen LogP contribution in [0.4, 0.5) is 16.2 Å². The lowest BCUT2D eigenvalue weighted by molar-refractivity contribution is 0.0336. The van der Waals surface area contributed by atoms with Crippen molar-refractivity contribution in [2.24, 2.45) is 0 Å². The highest BCUT2D eigenvalue weighted by Crippen LogP contribution is 2.33. The summed E-state index contributed by atoms with van der Waals surface area (Å²) in [5.41, 5.74) is 6.49. The Morgan fingerprint density at radius 1 is 0.925 bits per heavy atom. The lowest BCUT2D eigenvalue weighted by Gasteiger charge is -2.26. The molecule has 1 aliphatic rings. The van der Waals surface area contributed by atoms with Crippen molar-refractivity contribution >= 4 is 28.2 Å². The van der Waals surface area contributed by atoms with Crippen LogP contribution in [-0.4, -0.2) is 49.3 Å². The van der Waals surface area contributed by atoms with Crippen LogP contribution in [0.2, 0.25) is 0 Å². The van der Waals surface area contributed by atoms with Crippen LogP contribution in [-0.2, 0) is 28.0 Å². The van der Waals surface area contributed by atoms with Gasteiger partial charge in [-0.05, 0) is 40.6 Å². The number of ether oxygens (including phenoxy) is 2. The van der Waals surface area contributed by atoms with Crippen LogP contribution in [0.3, 0.4) is 0 Å². The minimum atomic E-state index is -0.299. The van der Waals surface area contributed by atoms with Crippen molar-refractivity contribution in [2.75, 3.05) is 44.0 Å². The van der Waals surface area contributed by atoms with Crippen molar-refractivity contribution in [3.8, 4) is 11.3 Å². The summed E-state index contributed by atoms with van der Waals surface area (Å²) in [5.74, 6) is 0. The molecule has 1 saturated heterocycles. The Labute approximate surface area is 236 Å². The van der Waals surface area contributed by atoms with Crippen molar-refractivity contribution in [2.45, 2.75) is 39.3 Å². The van der Waals surface area contributed by atoms with E-state index in [1.165, 1.54) is 0 Å². The summed E-state index contributed by atoms with van der Waals surface area (Å²) in [7, 11) is 1.66. The molecule has 2 amide bonds. The molecule has 0 saturated carbocycles. The first-order chi connectivity index (χ1) is 19.3. The number of fused-ring (bicyclic) bond motifs is 1. The number of morpholine rings is 1. The van der Waals surface area contributed by atoms with Crippen LogP contribution in [0.5, 0.6) is 0 Å². The Morgan fingerprint density at radius 2 is 1.68 bits per heavy atom. The summed E-state index contributed by atoms with van der Waals surface area (Å²) in [6.07, 6.45) is 0. The van der Waals surface area contributed by atoms with Gasteiger partial charge in [0.05, 0.1) is 36.9 Å². The summed E-state index contributed by atoms with van der Waals surface area (Å²) in [6, 6.07) is 24.1. The number of hydrogen-bond acceptors (Lipinski definition) is 5. The molecule has 40 heavy (non-hydrogen) atoms. The number of rotatable bonds is 7. The second-order valence-electron chi connectivity index (χ2n) is 11.2. The molecule has 2 N–H and O–H groups in total. The predicted octanol–water partition coefficient (Wildman–Crippen LogP) is 6.82. The quantitative estimate of drug-likeness (QED) is 0.270. The monoisotopic (exact) mass is 538 g/mol. The Hall–Kier alpha value is -3.78. The highest BCUT2D eigenvalue weighted by Gasteiger charge is 2.18. The maximum Gasteiger partial charge on any atom is 0.323 e. The molecule has 4 aromatic rings. The number of pyridine rings is 1. The Balaban J connectivity index is 1.40. The normalized spacial score (nSPS) is 14.3. The van der Waals surface area contributed by atoms with Crippen molar-refractivity contribution in [1.29, 1.82) is 0 Å². The highest BCUT2D eigenvalue weighted by atomic mass is 16.5. The van der Waals surface area contributed by atoms with Gasteiger partial charge in [-0.25, -0.2) is 4.79 Å². The zero-order valence-corrected chi connectivity index (χ0v) is 23.8. The smallest absolute Gasteiger partial charge is 0.323 e. The van der Waals surface area contributed by atoms with Gasteiger partial charge in [0.15, 0.2) is 0 Å². The van der Waals surface area contributed by atoms with E-state index >= 15 is 0 Å². The van der Waals surface area contributed by atoms with E-state index in [-0.39, 0.29) is 11.4 Å². The van der Waals surface area contributed by atoms with Gasteiger partial charge >= 0.3 is 6.03 Å². The molecule has 1 aromatic heterocycles. The van der Waals surface area contributed by atoms with Crippen LogP contribution in [0.15, 0.2) is 72.8 Å². The minimum Gasteiger partial charge on any atom is -0.380 e. The number of carbonyl (C=O) groups excluding carboxylic acids is 1. The maximum atomic E-state index is 13.2. The molecule has 0 bridgehead atoms. The van der Waals surface area contributed by atoms with E-state index in [2.05, 4.69) is 60.6 Å². The summed E-state index contributed by atoms with van der Waals surface area (Å²) in [6.45, 7) is 11.1. The average Bonchev–Trinajstić information content (AvgIpc) is 2.94. The molecule has 7 nitrogen and oxygen atoms in total. The Kier molecular flexibility index (Phi) is 8.45. The number of hydrogen-bond donors (Lipinski definition) is 2. The number of amides is 2. The van der Waals surface area contributed by atoms with Crippen LogP contribution < -0.4 is 10.6 Å². The van der Waals surface area contributed by atoms with E-state index in [0.717, 1.165) is 83.1 Å². The van der Waals surface area contributed by atoms with Crippen LogP contribution >= 0.6 is 0 Å². The Bertz CT molecular complexity index is 1490. The largest absolute Gasteiger partial charge is 0.380 e. The number of urea groups is 1. The number of nitrogens with zero attached hydrogens (tertiary/aromatic N) is 2. The van der Waals surface area contributed by atoms with Gasteiger partial charge in [0.1, 0.15) is 0 Å². The topological polar surface area (TPSA) is 75.7 Å². The summed E-state index contributed by atoms with van der Waals surface area (Å²) in [4.78, 5) is 20.6. The third-order valence-electron chi connectivity index (χ3n) is 7.27. The van der Waals surface area contributed by atoms with E-state index in [4.69, 9.17) is 14.5 Å². The SMILES string of the molecule is COCc1ccc(C(C)(C)C)cc1NC(=O)Nc1ccc(-c2cccc(CN3CCOCC3)n2)c2ccccc12. The van der Waals surface area contributed by atoms with Gasteiger partial charge < -0.3 is 20.1 Å². The lowest BCUT2D eigenvalue weighted by Crippen LogP contribution is -2.35. The third kappa shape index (κ3) is 6.50. The molecule has 208 valence electrons. The number of aromatic nitrogens is 1. The molecule has 1 fully saturated rings. The second kappa shape index (κ2) is 12.2. The summed E-state index contributed by atoms with van der Waals surface area (Å²) >= 11 is 0. The average molecular weight is 539 g/mol. The number of methoxy groups -OCH3 is 1. The molecule has 2 heterocycles. The molecule has 3 aromatic carbocycles. The van der Waals surface area contributed by atoms with Gasteiger partial charge in [-0.15, -0.1) is 0 Å². The Morgan fingerprint density at radius 3 is 2.42 bits per heavy atom. The summed E-state index contributed by atoms with van der Waals surface area (Å²) < 4.78 is 10.9. The minimum absolute atomic E-state index is 0.0436. The molecular formula is C33H38N4O3. The molecule has 0 aliphatic carbocycles. The maximum absolute atomic E-state index is 13.2. The van der Waals surface area contributed by atoms with Crippen LogP contribution in [0.25, 0.3) is 22.0 Å². The third-order valence-corrected chi connectivity index (χ3v) is 7.27. The van der Waals surface area contributed by atoms with Gasteiger partial charge in [0, 0.05) is 48.9 Å². The zero-order valence-electron chi connectivity index (χ0n) is 23.8. The van der Waals surface area contributed by atoms with Gasteiger partial charge in [0.2, 0.25) is 0 Å². The van der Waals surface area contributed by atoms with Gasteiger partial charge in [-0.2, -0.15) is 0 Å². The zero-order chi connectivity index (χ0) is 28.1. The molecule has 0 unspecified atom stereocenters. The van der Waals surface area contributed by atoms with Crippen LogP contribution in [0.1, 0.15) is 37.6 Å². The van der Waals surface area contributed by atoms with Gasteiger partial charge in [0.25, 0.3) is 0 Å². The number of nitrogens with one attached hydrogen (secondary N) is 2. The number of carbonyl (C=O) groups is 1.